The Kier molecular flexibility index (Phi) is 3.54. The Labute approximate surface area is 101 Å². The monoisotopic (exact) mass is 237 g/mol. The molecule has 4 nitrogen and oxygen atoms in total. The molecule has 1 fully saturated rings. The third kappa shape index (κ3) is 2.37. The molecule has 0 bridgehead atoms. The summed E-state index contributed by atoms with van der Waals surface area (Å²) in [6.45, 7) is 1.93. The van der Waals surface area contributed by atoms with E-state index < -0.39 is 0 Å². The number of hydrogen-bond donors (Lipinski definition) is 4. The fraction of sp³-hybridized carbons (Fsp3) is 0.538. The van der Waals surface area contributed by atoms with Gasteiger partial charge in [0.05, 0.1) is 0 Å². The number of benzene rings is 1. The molecule has 1 aromatic carbocycles. The number of hydrogen-bond acceptors (Lipinski definition) is 4. The van der Waals surface area contributed by atoms with Gasteiger partial charge in [-0.1, -0.05) is 6.07 Å². The van der Waals surface area contributed by atoms with Crippen LogP contribution in [0.1, 0.15) is 24.8 Å². The van der Waals surface area contributed by atoms with Crippen molar-refractivity contribution >= 4 is 0 Å². The predicted molar refractivity (Wildman–Crippen MR) is 65.3 cm³/mol. The van der Waals surface area contributed by atoms with Crippen LogP contribution in [0.2, 0.25) is 0 Å². The van der Waals surface area contributed by atoms with E-state index in [9.17, 15) is 15.3 Å². The van der Waals surface area contributed by atoms with Crippen molar-refractivity contribution in [3.05, 3.63) is 23.8 Å². The van der Waals surface area contributed by atoms with E-state index in [4.69, 9.17) is 0 Å². The highest BCUT2D eigenvalue weighted by Gasteiger charge is 2.33. The van der Waals surface area contributed by atoms with Gasteiger partial charge in [0.2, 0.25) is 0 Å². The Morgan fingerprint density at radius 3 is 2.65 bits per heavy atom. The van der Waals surface area contributed by atoms with Crippen molar-refractivity contribution in [3.63, 3.8) is 0 Å². The Morgan fingerprint density at radius 2 is 2.06 bits per heavy atom. The molecule has 2 rings (SSSR count). The van der Waals surface area contributed by atoms with Gasteiger partial charge < -0.3 is 20.6 Å². The molecular formula is C13H19NO3. The van der Waals surface area contributed by atoms with Gasteiger partial charge in [-0.05, 0) is 43.5 Å². The predicted octanol–water partition coefficient (Wildman–Crippen LogP) is 1.10. The third-order valence-electron chi connectivity index (χ3n) is 3.65. The van der Waals surface area contributed by atoms with Crippen molar-refractivity contribution in [2.45, 2.75) is 24.7 Å². The number of rotatable bonds is 3. The lowest BCUT2D eigenvalue weighted by atomic mass is 9.72. The number of aliphatic hydroxyl groups is 1. The maximum absolute atomic E-state index is 9.58. The summed E-state index contributed by atoms with van der Waals surface area (Å²) in [5.74, 6) is -0.193. The Bertz CT molecular complexity index is 381. The zero-order chi connectivity index (χ0) is 12.3. The molecule has 94 valence electrons. The topological polar surface area (TPSA) is 72.7 Å². The van der Waals surface area contributed by atoms with Gasteiger partial charge >= 0.3 is 0 Å². The quantitative estimate of drug-likeness (QED) is 0.594. The van der Waals surface area contributed by atoms with Crippen LogP contribution < -0.4 is 5.32 Å². The molecule has 1 aliphatic rings. The summed E-state index contributed by atoms with van der Waals surface area (Å²) in [7, 11) is 0. The van der Waals surface area contributed by atoms with E-state index in [0.717, 1.165) is 31.5 Å². The number of piperidine rings is 1. The first-order chi connectivity index (χ1) is 8.18. The minimum absolute atomic E-state index is 0.0922. The SMILES string of the molecule is OCCC1(c2ccc(O)c(O)c2)CCCNC1. The minimum Gasteiger partial charge on any atom is -0.504 e. The first kappa shape index (κ1) is 12.2. The molecule has 1 aliphatic heterocycles. The molecule has 1 saturated heterocycles. The summed E-state index contributed by atoms with van der Waals surface area (Å²) in [6.07, 6.45) is 2.72. The van der Waals surface area contributed by atoms with Gasteiger partial charge in [0.15, 0.2) is 11.5 Å². The molecule has 1 aromatic rings. The lowest BCUT2D eigenvalue weighted by molar-refractivity contribution is 0.207. The van der Waals surface area contributed by atoms with E-state index in [1.54, 1.807) is 6.07 Å². The molecule has 0 saturated carbocycles. The average molecular weight is 237 g/mol. The fourth-order valence-corrected chi connectivity index (χ4v) is 2.64. The molecular weight excluding hydrogens is 218 g/mol. The lowest BCUT2D eigenvalue weighted by Crippen LogP contribution is -2.44. The van der Waals surface area contributed by atoms with Crippen LogP contribution in [-0.4, -0.2) is 35.0 Å². The van der Waals surface area contributed by atoms with Gasteiger partial charge in [0, 0.05) is 18.6 Å². The second-order valence-corrected chi connectivity index (χ2v) is 4.74. The van der Waals surface area contributed by atoms with Gasteiger partial charge in [-0.2, -0.15) is 0 Å². The summed E-state index contributed by atoms with van der Waals surface area (Å²) < 4.78 is 0. The number of aliphatic hydroxyl groups excluding tert-OH is 1. The smallest absolute Gasteiger partial charge is 0.157 e. The second-order valence-electron chi connectivity index (χ2n) is 4.74. The summed E-state index contributed by atoms with van der Waals surface area (Å²) in [5, 5.41) is 31.5. The van der Waals surface area contributed by atoms with Crippen LogP contribution in [0, 0.1) is 0 Å². The highest BCUT2D eigenvalue weighted by molar-refractivity contribution is 5.43. The van der Waals surface area contributed by atoms with E-state index in [1.807, 2.05) is 6.07 Å². The van der Waals surface area contributed by atoms with Crippen molar-refractivity contribution in [3.8, 4) is 11.5 Å². The summed E-state index contributed by atoms with van der Waals surface area (Å²) in [4.78, 5) is 0. The van der Waals surface area contributed by atoms with Crippen LogP contribution >= 0.6 is 0 Å². The lowest BCUT2D eigenvalue weighted by Gasteiger charge is -2.38. The van der Waals surface area contributed by atoms with Gasteiger partial charge in [-0.25, -0.2) is 0 Å². The standard InChI is InChI=1S/C13H19NO3/c15-7-5-13(4-1-6-14-9-13)10-2-3-11(16)12(17)8-10/h2-3,8,14-17H,1,4-7,9H2. The van der Waals surface area contributed by atoms with Crippen LogP contribution in [0.25, 0.3) is 0 Å². The maximum Gasteiger partial charge on any atom is 0.157 e. The van der Waals surface area contributed by atoms with Crippen LogP contribution in [0.15, 0.2) is 18.2 Å². The molecule has 0 amide bonds. The first-order valence-electron chi connectivity index (χ1n) is 6.02. The maximum atomic E-state index is 9.58. The third-order valence-corrected chi connectivity index (χ3v) is 3.65. The Hall–Kier alpha value is -1.26. The first-order valence-corrected chi connectivity index (χ1v) is 6.02. The summed E-state index contributed by atoms with van der Waals surface area (Å²) in [6, 6.07) is 4.95. The molecule has 0 aliphatic carbocycles. The second kappa shape index (κ2) is 4.94. The molecule has 4 N–H and O–H groups in total. The number of nitrogens with one attached hydrogen (secondary N) is 1. The van der Waals surface area contributed by atoms with Gasteiger partial charge in [0.1, 0.15) is 0 Å². The van der Waals surface area contributed by atoms with E-state index in [-0.39, 0.29) is 23.5 Å². The van der Waals surface area contributed by atoms with Crippen molar-refractivity contribution in [2.24, 2.45) is 0 Å². The zero-order valence-electron chi connectivity index (χ0n) is 9.82. The molecule has 0 radical (unpaired) electrons. The fourth-order valence-electron chi connectivity index (χ4n) is 2.64. The largest absolute Gasteiger partial charge is 0.504 e. The average Bonchev–Trinajstić information content (AvgIpc) is 2.34. The molecule has 1 atom stereocenters. The van der Waals surface area contributed by atoms with Crippen LogP contribution in [0.4, 0.5) is 0 Å². The normalized spacial score (nSPS) is 24.8. The molecule has 1 unspecified atom stereocenters. The highest BCUT2D eigenvalue weighted by atomic mass is 16.3. The van der Waals surface area contributed by atoms with Crippen molar-refractivity contribution in [1.29, 1.82) is 0 Å². The van der Waals surface area contributed by atoms with Crippen molar-refractivity contribution < 1.29 is 15.3 Å². The van der Waals surface area contributed by atoms with Gasteiger partial charge in [-0.3, -0.25) is 0 Å². The van der Waals surface area contributed by atoms with Crippen molar-refractivity contribution in [1.82, 2.24) is 5.32 Å². The number of phenols is 2. The Balaban J connectivity index is 2.34. The van der Waals surface area contributed by atoms with Gasteiger partial charge in [-0.15, -0.1) is 0 Å². The number of aromatic hydroxyl groups is 2. The van der Waals surface area contributed by atoms with E-state index in [0.29, 0.717) is 6.42 Å². The molecule has 4 heteroatoms. The van der Waals surface area contributed by atoms with E-state index >= 15 is 0 Å². The van der Waals surface area contributed by atoms with Crippen LogP contribution in [0.5, 0.6) is 11.5 Å². The molecule has 0 spiro atoms. The molecule has 0 aromatic heterocycles. The van der Waals surface area contributed by atoms with Crippen LogP contribution in [0.3, 0.4) is 0 Å². The molecule has 1 heterocycles. The minimum atomic E-state index is -0.127. The Morgan fingerprint density at radius 1 is 1.24 bits per heavy atom. The zero-order valence-corrected chi connectivity index (χ0v) is 9.82. The van der Waals surface area contributed by atoms with E-state index in [2.05, 4.69) is 5.32 Å². The molecule has 17 heavy (non-hydrogen) atoms. The summed E-state index contributed by atoms with van der Waals surface area (Å²) >= 11 is 0. The van der Waals surface area contributed by atoms with Gasteiger partial charge in [0.25, 0.3) is 0 Å². The van der Waals surface area contributed by atoms with Crippen LogP contribution in [-0.2, 0) is 5.41 Å². The number of phenolic OH excluding ortho intramolecular Hbond substituents is 2. The van der Waals surface area contributed by atoms with E-state index in [1.165, 1.54) is 6.07 Å². The highest BCUT2D eigenvalue weighted by Crippen LogP contribution is 2.38. The summed E-state index contributed by atoms with van der Waals surface area (Å²) in [5.41, 5.74) is 0.854. The van der Waals surface area contributed by atoms with Crippen molar-refractivity contribution in [2.75, 3.05) is 19.7 Å².